The van der Waals surface area contributed by atoms with Gasteiger partial charge in [-0.3, -0.25) is 0 Å². The standard InChI is InChI=1S/C12H17N5O.C2H6/c1-4-17-9-6-13-5-8(9)14-11(17)10-15-12(7(2)3)18-16-10;1-2/h7,13H,4-6H2,1-3H3;1-2H3. The molecule has 0 spiro atoms. The summed E-state index contributed by atoms with van der Waals surface area (Å²) in [6.45, 7) is 12.7. The van der Waals surface area contributed by atoms with Crippen LogP contribution in [0.4, 0.5) is 0 Å². The summed E-state index contributed by atoms with van der Waals surface area (Å²) in [6.07, 6.45) is 0. The highest BCUT2D eigenvalue weighted by molar-refractivity contribution is 5.47. The Kier molecular flexibility index (Phi) is 4.54. The van der Waals surface area contributed by atoms with Crippen molar-refractivity contribution in [3.63, 3.8) is 0 Å². The predicted octanol–water partition coefficient (Wildman–Crippen LogP) is 2.71. The van der Waals surface area contributed by atoms with Crippen LogP contribution in [0.5, 0.6) is 0 Å². The highest BCUT2D eigenvalue weighted by Gasteiger charge is 2.24. The van der Waals surface area contributed by atoms with Crippen molar-refractivity contribution >= 4 is 0 Å². The normalized spacial score (nSPS) is 13.3. The van der Waals surface area contributed by atoms with Crippen molar-refractivity contribution in [1.82, 2.24) is 25.0 Å². The summed E-state index contributed by atoms with van der Waals surface area (Å²) in [5.74, 6) is 2.31. The second kappa shape index (κ2) is 6.17. The first kappa shape index (κ1) is 14.7. The van der Waals surface area contributed by atoms with Gasteiger partial charge >= 0.3 is 0 Å². The molecule has 6 heteroatoms. The fraction of sp³-hybridized carbons (Fsp3) is 0.643. The van der Waals surface area contributed by atoms with Crippen LogP contribution in [0.15, 0.2) is 4.52 Å². The Morgan fingerprint density at radius 2 is 2.00 bits per heavy atom. The first-order valence-corrected chi connectivity index (χ1v) is 7.33. The molecule has 0 atom stereocenters. The quantitative estimate of drug-likeness (QED) is 0.934. The molecule has 0 unspecified atom stereocenters. The molecule has 1 aliphatic heterocycles. The van der Waals surface area contributed by atoms with Crippen LogP contribution in [-0.2, 0) is 19.6 Å². The Hall–Kier alpha value is -1.69. The van der Waals surface area contributed by atoms with Gasteiger partial charge in [0.1, 0.15) is 0 Å². The summed E-state index contributed by atoms with van der Waals surface area (Å²) in [5.41, 5.74) is 2.34. The monoisotopic (exact) mass is 277 g/mol. The maximum Gasteiger partial charge on any atom is 0.238 e. The molecule has 1 N–H and O–H groups in total. The Labute approximate surface area is 119 Å². The third-order valence-corrected chi connectivity index (χ3v) is 3.19. The van der Waals surface area contributed by atoms with Crippen molar-refractivity contribution in [2.24, 2.45) is 0 Å². The molecular weight excluding hydrogens is 254 g/mol. The molecule has 1 aliphatic rings. The fourth-order valence-corrected chi connectivity index (χ4v) is 2.25. The molecule has 2 aromatic rings. The van der Waals surface area contributed by atoms with E-state index in [9.17, 15) is 0 Å². The number of hydrogen-bond donors (Lipinski definition) is 1. The fourth-order valence-electron chi connectivity index (χ4n) is 2.25. The number of aromatic nitrogens is 4. The topological polar surface area (TPSA) is 68.8 Å². The number of nitrogens with zero attached hydrogens (tertiary/aromatic N) is 4. The number of imidazole rings is 1. The van der Waals surface area contributed by atoms with E-state index in [1.807, 2.05) is 27.7 Å². The van der Waals surface area contributed by atoms with Gasteiger partial charge in [-0.05, 0) is 6.92 Å². The van der Waals surface area contributed by atoms with Crippen LogP contribution in [0.3, 0.4) is 0 Å². The van der Waals surface area contributed by atoms with Gasteiger partial charge in [0.2, 0.25) is 11.7 Å². The molecule has 110 valence electrons. The van der Waals surface area contributed by atoms with E-state index in [0.717, 1.165) is 31.2 Å². The molecular formula is C14H23N5O. The van der Waals surface area contributed by atoms with Gasteiger partial charge in [-0.1, -0.05) is 32.9 Å². The zero-order valence-electron chi connectivity index (χ0n) is 12.9. The summed E-state index contributed by atoms with van der Waals surface area (Å²) in [4.78, 5) is 9.04. The first-order chi connectivity index (χ1) is 9.70. The molecule has 6 nitrogen and oxygen atoms in total. The Morgan fingerprint density at radius 1 is 1.25 bits per heavy atom. The molecule has 3 rings (SSSR count). The van der Waals surface area contributed by atoms with Gasteiger partial charge < -0.3 is 14.4 Å². The van der Waals surface area contributed by atoms with E-state index >= 15 is 0 Å². The Morgan fingerprint density at radius 3 is 2.60 bits per heavy atom. The van der Waals surface area contributed by atoms with Crippen LogP contribution in [0.2, 0.25) is 0 Å². The van der Waals surface area contributed by atoms with Crippen LogP contribution < -0.4 is 5.32 Å². The van der Waals surface area contributed by atoms with Gasteiger partial charge in [-0.15, -0.1) is 0 Å². The molecule has 0 radical (unpaired) electrons. The Bertz CT molecular complexity index is 570. The van der Waals surface area contributed by atoms with Gasteiger partial charge in [-0.25, -0.2) is 4.98 Å². The van der Waals surface area contributed by atoms with Gasteiger partial charge in [0.25, 0.3) is 0 Å². The van der Waals surface area contributed by atoms with Crippen LogP contribution >= 0.6 is 0 Å². The van der Waals surface area contributed by atoms with Crippen molar-refractivity contribution in [2.45, 2.75) is 60.2 Å². The second-order valence-electron chi connectivity index (χ2n) is 4.79. The lowest BCUT2D eigenvalue weighted by Gasteiger charge is -2.04. The maximum absolute atomic E-state index is 5.25. The average Bonchev–Trinajstić information content (AvgIpc) is 3.15. The van der Waals surface area contributed by atoms with E-state index < -0.39 is 0 Å². The molecule has 0 aromatic carbocycles. The molecule has 3 heterocycles. The van der Waals surface area contributed by atoms with E-state index in [1.165, 1.54) is 5.69 Å². The summed E-state index contributed by atoms with van der Waals surface area (Å²) in [6, 6.07) is 0. The second-order valence-corrected chi connectivity index (χ2v) is 4.79. The highest BCUT2D eigenvalue weighted by Crippen LogP contribution is 2.24. The van der Waals surface area contributed by atoms with Crippen molar-refractivity contribution < 1.29 is 4.52 Å². The summed E-state index contributed by atoms with van der Waals surface area (Å²) in [7, 11) is 0. The van der Waals surface area contributed by atoms with Crippen LogP contribution in [0, 0.1) is 0 Å². The summed E-state index contributed by atoms with van der Waals surface area (Å²) >= 11 is 0. The van der Waals surface area contributed by atoms with Crippen molar-refractivity contribution in [2.75, 3.05) is 0 Å². The van der Waals surface area contributed by atoms with Crippen LogP contribution in [-0.4, -0.2) is 19.7 Å². The minimum atomic E-state index is 0.241. The number of hydrogen-bond acceptors (Lipinski definition) is 5. The number of fused-ring (bicyclic) bond motifs is 1. The van der Waals surface area contributed by atoms with E-state index in [0.29, 0.717) is 11.7 Å². The van der Waals surface area contributed by atoms with E-state index in [2.05, 4.69) is 31.9 Å². The van der Waals surface area contributed by atoms with Gasteiger partial charge in [0.15, 0.2) is 5.82 Å². The molecule has 20 heavy (non-hydrogen) atoms. The summed E-state index contributed by atoms with van der Waals surface area (Å²) < 4.78 is 7.41. The minimum Gasteiger partial charge on any atom is -0.339 e. The minimum absolute atomic E-state index is 0.241. The Balaban J connectivity index is 0.000000704. The smallest absolute Gasteiger partial charge is 0.238 e. The molecule has 0 bridgehead atoms. The highest BCUT2D eigenvalue weighted by atomic mass is 16.5. The average molecular weight is 277 g/mol. The third kappa shape index (κ3) is 2.47. The van der Waals surface area contributed by atoms with Crippen molar-refractivity contribution in [3.8, 4) is 11.6 Å². The lowest BCUT2D eigenvalue weighted by atomic mass is 10.2. The number of nitrogens with one attached hydrogen (secondary N) is 1. The SMILES string of the molecule is CC.CCn1c(-c2noc(C(C)C)n2)nc2c1CNC2. The molecule has 0 saturated carbocycles. The van der Waals surface area contributed by atoms with Crippen molar-refractivity contribution in [3.05, 3.63) is 17.3 Å². The molecule has 0 fully saturated rings. The zero-order chi connectivity index (χ0) is 14.7. The van der Waals surface area contributed by atoms with E-state index in [1.54, 1.807) is 0 Å². The van der Waals surface area contributed by atoms with E-state index in [4.69, 9.17) is 4.52 Å². The molecule has 2 aromatic heterocycles. The number of rotatable bonds is 3. The molecule has 0 amide bonds. The van der Waals surface area contributed by atoms with Crippen molar-refractivity contribution in [1.29, 1.82) is 0 Å². The summed E-state index contributed by atoms with van der Waals surface area (Å²) in [5, 5.41) is 7.34. The van der Waals surface area contributed by atoms with E-state index in [-0.39, 0.29) is 5.92 Å². The zero-order valence-corrected chi connectivity index (χ0v) is 12.9. The van der Waals surface area contributed by atoms with Gasteiger partial charge in [0.05, 0.1) is 11.4 Å². The third-order valence-electron chi connectivity index (χ3n) is 3.19. The molecule has 0 saturated heterocycles. The lowest BCUT2D eigenvalue weighted by Crippen LogP contribution is -2.08. The lowest BCUT2D eigenvalue weighted by molar-refractivity contribution is 0.365. The van der Waals surface area contributed by atoms with Crippen LogP contribution in [0.25, 0.3) is 11.6 Å². The van der Waals surface area contributed by atoms with Gasteiger partial charge in [0, 0.05) is 25.6 Å². The van der Waals surface area contributed by atoms with Gasteiger partial charge in [-0.2, -0.15) is 4.98 Å². The maximum atomic E-state index is 5.25. The predicted molar refractivity (Wildman–Crippen MR) is 77.2 cm³/mol. The first-order valence-electron chi connectivity index (χ1n) is 7.33. The van der Waals surface area contributed by atoms with Crippen LogP contribution in [0.1, 0.15) is 57.8 Å². The molecule has 0 aliphatic carbocycles. The largest absolute Gasteiger partial charge is 0.339 e.